The van der Waals surface area contributed by atoms with Crippen LogP contribution in [0.25, 0.3) is 0 Å². The van der Waals surface area contributed by atoms with Crippen LogP contribution in [0.1, 0.15) is 19.8 Å². The number of para-hydroxylation sites is 1. The number of nitrogens with one attached hydrogen (secondary N) is 2. The van der Waals surface area contributed by atoms with E-state index in [1.165, 1.54) is 11.8 Å². The number of hydrogen-bond acceptors (Lipinski definition) is 3. The zero-order valence-corrected chi connectivity index (χ0v) is 15.4. The van der Waals surface area contributed by atoms with Crippen molar-refractivity contribution < 1.29 is 9.59 Å². The molecule has 6 heteroatoms. The first-order chi connectivity index (χ1) is 12.0. The standard InChI is InChI=1S/C19H19ClN2O2S/c1-12(18(23)22-17-8-3-2-7-16(17)20)25-15-6-4-5-14(11-15)21-19(24)13-9-10-13/h2-8,11-13H,9-10H2,1H3,(H,21,24)(H,22,23). The van der Waals surface area contributed by atoms with Crippen molar-refractivity contribution in [2.45, 2.75) is 29.9 Å². The van der Waals surface area contributed by atoms with E-state index >= 15 is 0 Å². The summed E-state index contributed by atoms with van der Waals surface area (Å²) in [6.45, 7) is 1.84. The fourth-order valence-electron chi connectivity index (χ4n) is 2.29. The molecule has 1 saturated carbocycles. The van der Waals surface area contributed by atoms with Crippen LogP contribution in [-0.4, -0.2) is 17.1 Å². The van der Waals surface area contributed by atoms with Gasteiger partial charge in [-0.1, -0.05) is 29.8 Å². The minimum atomic E-state index is -0.300. The average Bonchev–Trinajstić information content (AvgIpc) is 3.42. The molecular weight excluding hydrogens is 356 g/mol. The van der Waals surface area contributed by atoms with Gasteiger partial charge in [0, 0.05) is 16.5 Å². The Hall–Kier alpha value is -1.98. The van der Waals surface area contributed by atoms with Gasteiger partial charge in [0.25, 0.3) is 0 Å². The van der Waals surface area contributed by atoms with Gasteiger partial charge in [-0.2, -0.15) is 0 Å². The number of anilines is 2. The second-order valence-electron chi connectivity index (χ2n) is 6.02. The number of hydrogen-bond donors (Lipinski definition) is 2. The number of carbonyl (C=O) groups excluding carboxylic acids is 2. The maximum absolute atomic E-state index is 12.4. The summed E-state index contributed by atoms with van der Waals surface area (Å²) in [4.78, 5) is 25.2. The van der Waals surface area contributed by atoms with Gasteiger partial charge in [-0.15, -0.1) is 11.8 Å². The third-order valence-electron chi connectivity index (χ3n) is 3.86. The van der Waals surface area contributed by atoms with E-state index in [4.69, 9.17) is 11.6 Å². The SMILES string of the molecule is CC(Sc1cccc(NC(=O)C2CC2)c1)C(=O)Nc1ccccc1Cl. The lowest BCUT2D eigenvalue weighted by atomic mass is 10.3. The molecule has 2 N–H and O–H groups in total. The van der Waals surface area contributed by atoms with Gasteiger partial charge >= 0.3 is 0 Å². The summed E-state index contributed by atoms with van der Waals surface area (Å²) >= 11 is 7.51. The number of amides is 2. The highest BCUT2D eigenvalue weighted by Gasteiger charge is 2.29. The van der Waals surface area contributed by atoms with Crippen molar-refractivity contribution in [2.24, 2.45) is 5.92 Å². The number of benzene rings is 2. The molecule has 1 aliphatic rings. The number of halogens is 1. The fourth-order valence-corrected chi connectivity index (χ4v) is 3.40. The quantitative estimate of drug-likeness (QED) is 0.713. The smallest absolute Gasteiger partial charge is 0.237 e. The molecule has 2 amide bonds. The third-order valence-corrected chi connectivity index (χ3v) is 5.29. The highest BCUT2D eigenvalue weighted by atomic mass is 35.5. The van der Waals surface area contributed by atoms with Gasteiger partial charge in [-0.05, 0) is 50.1 Å². The molecule has 25 heavy (non-hydrogen) atoms. The Kier molecular flexibility index (Phi) is 5.66. The Morgan fingerprint density at radius 1 is 1.12 bits per heavy atom. The van der Waals surface area contributed by atoms with Crippen molar-refractivity contribution in [3.8, 4) is 0 Å². The largest absolute Gasteiger partial charge is 0.326 e. The molecule has 0 saturated heterocycles. The Balaban J connectivity index is 1.60. The average molecular weight is 375 g/mol. The molecule has 1 fully saturated rings. The first kappa shape index (κ1) is 17.8. The predicted molar refractivity (Wildman–Crippen MR) is 103 cm³/mol. The summed E-state index contributed by atoms with van der Waals surface area (Å²) < 4.78 is 0. The van der Waals surface area contributed by atoms with E-state index in [2.05, 4.69) is 10.6 Å². The second-order valence-corrected chi connectivity index (χ2v) is 7.84. The summed E-state index contributed by atoms with van der Waals surface area (Å²) in [6.07, 6.45) is 1.94. The van der Waals surface area contributed by atoms with Crippen molar-refractivity contribution in [2.75, 3.05) is 10.6 Å². The Bertz CT molecular complexity index is 792. The molecule has 1 atom stereocenters. The van der Waals surface area contributed by atoms with E-state index < -0.39 is 0 Å². The zero-order chi connectivity index (χ0) is 17.8. The maximum Gasteiger partial charge on any atom is 0.237 e. The lowest BCUT2D eigenvalue weighted by Crippen LogP contribution is -2.22. The molecule has 2 aromatic carbocycles. The highest BCUT2D eigenvalue weighted by Crippen LogP contribution is 2.31. The monoisotopic (exact) mass is 374 g/mol. The van der Waals surface area contributed by atoms with Crippen molar-refractivity contribution >= 4 is 46.6 Å². The molecular formula is C19H19ClN2O2S. The van der Waals surface area contributed by atoms with Crippen molar-refractivity contribution in [3.05, 3.63) is 53.6 Å². The van der Waals surface area contributed by atoms with Crippen LogP contribution < -0.4 is 10.6 Å². The van der Waals surface area contributed by atoms with Crippen LogP contribution in [0.2, 0.25) is 5.02 Å². The van der Waals surface area contributed by atoms with E-state index in [0.717, 1.165) is 23.4 Å². The predicted octanol–water partition coefficient (Wildman–Crippen LogP) is 4.81. The first-order valence-electron chi connectivity index (χ1n) is 8.16. The molecule has 0 heterocycles. The molecule has 1 unspecified atom stereocenters. The molecule has 0 aromatic heterocycles. The van der Waals surface area contributed by atoms with Crippen molar-refractivity contribution in [1.29, 1.82) is 0 Å². The molecule has 4 nitrogen and oxygen atoms in total. The zero-order valence-electron chi connectivity index (χ0n) is 13.8. The molecule has 3 rings (SSSR count). The third kappa shape index (κ3) is 5.00. The van der Waals surface area contributed by atoms with E-state index in [-0.39, 0.29) is 23.0 Å². The normalized spacial score (nSPS) is 14.6. The minimum Gasteiger partial charge on any atom is -0.326 e. The molecule has 1 aliphatic carbocycles. The van der Waals surface area contributed by atoms with E-state index in [9.17, 15) is 9.59 Å². The fraction of sp³-hybridized carbons (Fsp3) is 0.263. The van der Waals surface area contributed by atoms with Crippen LogP contribution >= 0.6 is 23.4 Å². The van der Waals surface area contributed by atoms with Gasteiger partial charge in [0.15, 0.2) is 0 Å². The van der Waals surface area contributed by atoms with Crippen LogP contribution in [0, 0.1) is 5.92 Å². The highest BCUT2D eigenvalue weighted by molar-refractivity contribution is 8.00. The molecule has 0 radical (unpaired) electrons. The van der Waals surface area contributed by atoms with Crippen LogP contribution in [-0.2, 0) is 9.59 Å². The summed E-state index contributed by atoms with van der Waals surface area (Å²) in [5.74, 6) is 0.119. The Morgan fingerprint density at radius 2 is 1.88 bits per heavy atom. The molecule has 0 aliphatic heterocycles. The first-order valence-corrected chi connectivity index (χ1v) is 9.41. The van der Waals surface area contributed by atoms with Crippen LogP contribution in [0.3, 0.4) is 0 Å². The Morgan fingerprint density at radius 3 is 2.60 bits per heavy atom. The van der Waals surface area contributed by atoms with Gasteiger partial charge < -0.3 is 10.6 Å². The van der Waals surface area contributed by atoms with Gasteiger partial charge in [0.1, 0.15) is 0 Å². The molecule has 0 bridgehead atoms. The Labute approximate surface area is 156 Å². The lowest BCUT2D eigenvalue weighted by Gasteiger charge is -2.13. The molecule has 2 aromatic rings. The summed E-state index contributed by atoms with van der Waals surface area (Å²) in [7, 11) is 0. The van der Waals surface area contributed by atoms with E-state index in [1.807, 2.05) is 43.3 Å². The van der Waals surface area contributed by atoms with E-state index in [0.29, 0.717) is 10.7 Å². The lowest BCUT2D eigenvalue weighted by molar-refractivity contribution is -0.117. The van der Waals surface area contributed by atoms with Gasteiger partial charge in [-0.3, -0.25) is 9.59 Å². The topological polar surface area (TPSA) is 58.2 Å². The van der Waals surface area contributed by atoms with Crippen molar-refractivity contribution in [1.82, 2.24) is 0 Å². The van der Waals surface area contributed by atoms with E-state index in [1.54, 1.807) is 12.1 Å². The van der Waals surface area contributed by atoms with Crippen molar-refractivity contribution in [3.63, 3.8) is 0 Å². The number of rotatable bonds is 6. The second kappa shape index (κ2) is 7.93. The molecule has 0 spiro atoms. The summed E-state index contributed by atoms with van der Waals surface area (Å²) in [6, 6.07) is 14.7. The minimum absolute atomic E-state index is 0.0756. The van der Waals surface area contributed by atoms with Gasteiger partial charge in [-0.25, -0.2) is 0 Å². The van der Waals surface area contributed by atoms with Gasteiger partial charge in [0.2, 0.25) is 11.8 Å². The number of carbonyl (C=O) groups is 2. The summed E-state index contributed by atoms with van der Waals surface area (Å²) in [5, 5.41) is 5.97. The maximum atomic E-state index is 12.4. The summed E-state index contributed by atoms with van der Waals surface area (Å²) in [5.41, 5.74) is 1.37. The molecule has 130 valence electrons. The van der Waals surface area contributed by atoms with Crippen LogP contribution in [0.15, 0.2) is 53.4 Å². The van der Waals surface area contributed by atoms with Crippen LogP contribution in [0.5, 0.6) is 0 Å². The van der Waals surface area contributed by atoms with Crippen LogP contribution in [0.4, 0.5) is 11.4 Å². The number of thioether (sulfide) groups is 1. The van der Waals surface area contributed by atoms with Gasteiger partial charge in [0.05, 0.1) is 16.0 Å².